The van der Waals surface area contributed by atoms with Gasteiger partial charge in [0, 0.05) is 24.2 Å². The summed E-state index contributed by atoms with van der Waals surface area (Å²) in [7, 11) is 0. The molecule has 3 aromatic rings. The first-order chi connectivity index (χ1) is 14.3. The average molecular weight is 427 g/mol. The number of amides is 2. The zero-order chi connectivity index (χ0) is 21.3. The number of hydrogen-bond acceptors (Lipinski definition) is 5. The van der Waals surface area contributed by atoms with E-state index in [1.54, 1.807) is 29.2 Å². The summed E-state index contributed by atoms with van der Waals surface area (Å²) in [6, 6.07) is 10.4. The van der Waals surface area contributed by atoms with Gasteiger partial charge in [-0.25, -0.2) is 9.48 Å². The molecule has 30 heavy (non-hydrogen) atoms. The number of nitrogens with zero attached hydrogens (tertiary/aromatic N) is 3. The van der Waals surface area contributed by atoms with Crippen LogP contribution in [0.4, 0.5) is 10.6 Å². The van der Waals surface area contributed by atoms with Crippen LogP contribution >= 0.6 is 11.6 Å². The number of hydrogen-bond donors (Lipinski definition) is 3. The highest BCUT2D eigenvalue weighted by Gasteiger charge is 2.25. The lowest BCUT2D eigenvalue weighted by atomic mass is 10.0. The molecule has 0 aliphatic carbocycles. The number of aromatic nitrogens is 3. The van der Waals surface area contributed by atoms with Crippen molar-refractivity contribution in [2.45, 2.75) is 31.8 Å². The molecule has 0 bridgehead atoms. The number of pyridine rings is 1. The molecule has 156 valence electrons. The topological polar surface area (TPSA) is 107 Å². The van der Waals surface area contributed by atoms with E-state index < -0.39 is 5.54 Å². The normalized spacial score (nSPS) is 15.8. The summed E-state index contributed by atoms with van der Waals surface area (Å²) >= 11 is 6.19. The van der Waals surface area contributed by atoms with Crippen LogP contribution in [0.5, 0.6) is 5.75 Å². The number of nitrogens with one attached hydrogen (secondary N) is 2. The van der Waals surface area contributed by atoms with Gasteiger partial charge in [0.1, 0.15) is 5.75 Å². The van der Waals surface area contributed by atoms with E-state index in [0.717, 1.165) is 16.9 Å². The monoisotopic (exact) mass is 426 g/mol. The molecule has 1 atom stereocenters. The Morgan fingerprint density at radius 1 is 1.30 bits per heavy atom. The maximum absolute atomic E-state index is 12.5. The molecule has 2 amide bonds. The van der Waals surface area contributed by atoms with Crippen molar-refractivity contribution in [3.05, 3.63) is 65.1 Å². The molecule has 0 radical (unpaired) electrons. The molecule has 3 heterocycles. The van der Waals surface area contributed by atoms with E-state index >= 15 is 0 Å². The zero-order valence-corrected chi connectivity index (χ0v) is 17.5. The Bertz CT molecular complexity index is 1060. The SMILES string of the molecule is CC(C)(N)c1ccc(-n2ccc(NC(=O)N[C@H]3CCOc4c(Cl)cccc43)n2)cn1. The van der Waals surface area contributed by atoms with Gasteiger partial charge in [0.05, 0.1) is 40.8 Å². The lowest BCUT2D eigenvalue weighted by Gasteiger charge is -2.27. The van der Waals surface area contributed by atoms with Gasteiger partial charge in [-0.3, -0.25) is 10.3 Å². The fraction of sp³-hybridized carbons (Fsp3) is 0.286. The van der Waals surface area contributed by atoms with Crippen molar-refractivity contribution in [1.29, 1.82) is 0 Å². The van der Waals surface area contributed by atoms with Crippen LogP contribution in [0.15, 0.2) is 48.8 Å². The van der Waals surface area contributed by atoms with E-state index in [4.69, 9.17) is 22.1 Å². The number of fused-ring (bicyclic) bond motifs is 1. The number of anilines is 1. The van der Waals surface area contributed by atoms with Gasteiger partial charge in [0.25, 0.3) is 0 Å². The van der Waals surface area contributed by atoms with E-state index in [0.29, 0.717) is 29.6 Å². The summed E-state index contributed by atoms with van der Waals surface area (Å²) in [5, 5.41) is 10.7. The van der Waals surface area contributed by atoms with Crippen LogP contribution in [0, 0.1) is 0 Å². The van der Waals surface area contributed by atoms with Crippen molar-refractivity contribution in [2.75, 3.05) is 11.9 Å². The minimum Gasteiger partial charge on any atom is -0.492 e. The Morgan fingerprint density at radius 3 is 2.87 bits per heavy atom. The second-order valence-electron chi connectivity index (χ2n) is 7.72. The number of nitrogens with two attached hydrogens (primary N) is 1. The molecule has 4 N–H and O–H groups in total. The third-order valence-electron chi connectivity index (χ3n) is 4.83. The maximum Gasteiger partial charge on any atom is 0.320 e. The van der Waals surface area contributed by atoms with Crippen molar-refractivity contribution in [2.24, 2.45) is 5.73 Å². The fourth-order valence-corrected chi connectivity index (χ4v) is 3.52. The Labute approximate surface area is 179 Å². The first kappa shape index (κ1) is 20.2. The number of urea groups is 1. The summed E-state index contributed by atoms with van der Waals surface area (Å²) in [4.78, 5) is 16.9. The Morgan fingerprint density at radius 2 is 2.13 bits per heavy atom. The molecular weight excluding hydrogens is 404 g/mol. The standard InChI is InChI=1S/C21H23ClN6O2/c1-21(2,23)17-7-6-13(12-24-17)28-10-8-18(27-28)26-20(29)25-16-9-11-30-19-14(16)4-3-5-15(19)22/h3-8,10,12,16H,9,11,23H2,1-2H3,(H2,25,26,27,29)/t16-/m0/s1. The van der Waals surface area contributed by atoms with Gasteiger partial charge >= 0.3 is 6.03 Å². The number of benzene rings is 1. The maximum atomic E-state index is 12.5. The van der Waals surface area contributed by atoms with Gasteiger partial charge in [0.15, 0.2) is 5.82 Å². The second-order valence-corrected chi connectivity index (χ2v) is 8.12. The molecule has 0 saturated carbocycles. The molecule has 0 saturated heterocycles. The summed E-state index contributed by atoms with van der Waals surface area (Å²) in [5.41, 5.74) is 7.97. The summed E-state index contributed by atoms with van der Waals surface area (Å²) in [5.74, 6) is 1.05. The van der Waals surface area contributed by atoms with E-state index in [2.05, 4.69) is 20.7 Å². The number of carbonyl (C=O) groups is 1. The van der Waals surface area contributed by atoms with Crippen LogP contribution in [-0.4, -0.2) is 27.4 Å². The van der Waals surface area contributed by atoms with E-state index in [1.165, 1.54) is 0 Å². The van der Waals surface area contributed by atoms with Gasteiger partial charge in [-0.1, -0.05) is 23.7 Å². The molecule has 0 unspecified atom stereocenters. The molecule has 8 nitrogen and oxygen atoms in total. The lowest BCUT2D eigenvalue weighted by molar-refractivity contribution is 0.232. The molecule has 9 heteroatoms. The molecule has 1 aliphatic rings. The Hall–Kier alpha value is -3.10. The van der Waals surface area contributed by atoms with Crippen LogP contribution in [-0.2, 0) is 5.54 Å². The van der Waals surface area contributed by atoms with Gasteiger partial charge in [-0.05, 0) is 32.0 Å². The van der Waals surface area contributed by atoms with E-state index in [9.17, 15) is 4.79 Å². The van der Waals surface area contributed by atoms with Crippen LogP contribution in [0.25, 0.3) is 5.69 Å². The molecular formula is C21H23ClN6O2. The fourth-order valence-electron chi connectivity index (χ4n) is 3.28. The smallest absolute Gasteiger partial charge is 0.320 e. The minimum atomic E-state index is -0.513. The van der Waals surface area contributed by atoms with Crippen LogP contribution in [0.2, 0.25) is 5.02 Å². The number of carbonyl (C=O) groups excluding carboxylic acids is 1. The molecule has 0 spiro atoms. The predicted molar refractivity (Wildman–Crippen MR) is 115 cm³/mol. The number of rotatable bonds is 4. The van der Waals surface area contributed by atoms with Crippen LogP contribution in [0.1, 0.15) is 37.6 Å². The third kappa shape index (κ3) is 4.24. The van der Waals surface area contributed by atoms with Gasteiger partial charge in [-0.2, -0.15) is 0 Å². The quantitative estimate of drug-likeness (QED) is 0.588. The molecule has 2 aromatic heterocycles. The Kier molecular flexibility index (Phi) is 5.36. The molecule has 1 aromatic carbocycles. The van der Waals surface area contributed by atoms with Gasteiger partial charge in [-0.15, -0.1) is 5.10 Å². The van der Waals surface area contributed by atoms with Crippen molar-refractivity contribution in [1.82, 2.24) is 20.1 Å². The number of halogens is 1. The molecule has 0 fully saturated rings. The zero-order valence-electron chi connectivity index (χ0n) is 16.7. The summed E-state index contributed by atoms with van der Waals surface area (Å²) < 4.78 is 7.27. The highest BCUT2D eigenvalue weighted by atomic mass is 35.5. The third-order valence-corrected chi connectivity index (χ3v) is 5.13. The first-order valence-electron chi connectivity index (χ1n) is 9.61. The van der Waals surface area contributed by atoms with Crippen LogP contribution in [0.3, 0.4) is 0 Å². The van der Waals surface area contributed by atoms with E-state index in [1.807, 2.05) is 38.1 Å². The average Bonchev–Trinajstić information content (AvgIpc) is 3.16. The lowest BCUT2D eigenvalue weighted by Crippen LogP contribution is -2.35. The first-order valence-corrected chi connectivity index (χ1v) is 9.99. The highest BCUT2D eigenvalue weighted by molar-refractivity contribution is 6.32. The van der Waals surface area contributed by atoms with Crippen molar-refractivity contribution in [3.8, 4) is 11.4 Å². The molecule has 1 aliphatic heterocycles. The number of para-hydroxylation sites is 1. The molecule has 4 rings (SSSR count). The summed E-state index contributed by atoms with van der Waals surface area (Å²) in [6.07, 6.45) is 4.11. The van der Waals surface area contributed by atoms with Crippen molar-refractivity contribution >= 4 is 23.4 Å². The van der Waals surface area contributed by atoms with Gasteiger partial charge < -0.3 is 15.8 Å². The minimum absolute atomic E-state index is 0.189. The predicted octanol–water partition coefficient (Wildman–Crippen LogP) is 3.76. The van der Waals surface area contributed by atoms with Crippen LogP contribution < -0.4 is 21.1 Å². The second kappa shape index (κ2) is 7.97. The largest absolute Gasteiger partial charge is 0.492 e. The Balaban J connectivity index is 1.42. The van der Waals surface area contributed by atoms with Crippen molar-refractivity contribution in [3.63, 3.8) is 0 Å². The van der Waals surface area contributed by atoms with Gasteiger partial charge in [0.2, 0.25) is 0 Å². The van der Waals surface area contributed by atoms with Crippen molar-refractivity contribution < 1.29 is 9.53 Å². The number of ether oxygens (including phenoxy) is 1. The highest BCUT2D eigenvalue weighted by Crippen LogP contribution is 2.37. The van der Waals surface area contributed by atoms with E-state index in [-0.39, 0.29) is 12.1 Å². The summed E-state index contributed by atoms with van der Waals surface area (Å²) in [6.45, 7) is 4.28.